The zero-order chi connectivity index (χ0) is 19.2. The first-order valence-corrected chi connectivity index (χ1v) is 9.89. The summed E-state index contributed by atoms with van der Waals surface area (Å²) < 4.78 is 2.08. The summed E-state index contributed by atoms with van der Waals surface area (Å²) in [5, 5.41) is 6.87. The van der Waals surface area contributed by atoms with Crippen LogP contribution < -0.4 is 10.6 Å². The third-order valence-electron chi connectivity index (χ3n) is 5.13. The fraction of sp³-hybridized carbons (Fsp3) is 0.304. The Morgan fingerprint density at radius 3 is 2.64 bits per heavy atom. The van der Waals surface area contributed by atoms with E-state index in [0.29, 0.717) is 0 Å². The van der Waals surface area contributed by atoms with Crippen molar-refractivity contribution in [2.75, 3.05) is 13.6 Å². The first-order chi connectivity index (χ1) is 13.8. The van der Waals surface area contributed by atoms with Crippen molar-refractivity contribution in [3.8, 4) is 11.1 Å². The fourth-order valence-electron chi connectivity index (χ4n) is 3.30. The molecule has 0 spiro atoms. The maximum atomic E-state index is 4.34. The molecule has 4 rings (SSSR count). The molecule has 1 fully saturated rings. The van der Waals surface area contributed by atoms with Crippen LogP contribution in [-0.2, 0) is 13.1 Å². The third-order valence-corrected chi connectivity index (χ3v) is 5.13. The molecule has 1 aromatic heterocycles. The molecule has 1 aliphatic rings. The van der Waals surface area contributed by atoms with Gasteiger partial charge in [0, 0.05) is 39.1 Å². The summed E-state index contributed by atoms with van der Waals surface area (Å²) in [4.78, 5) is 8.44. The standard InChI is InChI=1S/C23H27N5/c1-24-23(26-14-18-6-7-18)27-15-21-4-2-3-5-22(21)20-10-8-19(9-11-20)16-28-13-12-25-17-28/h2-5,8-13,17-18H,6-7,14-16H2,1H3,(H2,24,26,27). The van der Waals surface area contributed by atoms with Crippen molar-refractivity contribution in [2.45, 2.75) is 25.9 Å². The van der Waals surface area contributed by atoms with E-state index in [4.69, 9.17) is 0 Å². The van der Waals surface area contributed by atoms with E-state index < -0.39 is 0 Å². The zero-order valence-electron chi connectivity index (χ0n) is 16.3. The Morgan fingerprint density at radius 1 is 1.11 bits per heavy atom. The highest BCUT2D eigenvalue weighted by Gasteiger charge is 2.21. The van der Waals surface area contributed by atoms with Crippen LogP contribution in [0, 0.1) is 5.92 Å². The summed E-state index contributed by atoms with van der Waals surface area (Å²) in [6, 6.07) is 17.3. The van der Waals surface area contributed by atoms with Gasteiger partial charge in [-0.3, -0.25) is 4.99 Å². The number of benzene rings is 2. The molecule has 0 unspecified atom stereocenters. The van der Waals surface area contributed by atoms with Crippen LogP contribution in [0.15, 0.2) is 72.2 Å². The topological polar surface area (TPSA) is 54.2 Å². The number of hydrogen-bond acceptors (Lipinski definition) is 2. The monoisotopic (exact) mass is 373 g/mol. The first-order valence-electron chi connectivity index (χ1n) is 9.89. The Bertz CT molecular complexity index is 908. The van der Waals surface area contributed by atoms with Gasteiger partial charge in [0.25, 0.3) is 0 Å². The number of imidazole rings is 1. The van der Waals surface area contributed by atoms with Gasteiger partial charge in [0.1, 0.15) is 0 Å². The lowest BCUT2D eigenvalue weighted by Gasteiger charge is -2.14. The van der Waals surface area contributed by atoms with E-state index in [-0.39, 0.29) is 0 Å². The average Bonchev–Trinajstić information content (AvgIpc) is 3.43. The molecule has 0 bridgehead atoms. The van der Waals surface area contributed by atoms with Gasteiger partial charge in [0.2, 0.25) is 0 Å². The van der Waals surface area contributed by atoms with Gasteiger partial charge in [-0.25, -0.2) is 4.98 Å². The number of guanidine groups is 1. The summed E-state index contributed by atoms with van der Waals surface area (Å²) >= 11 is 0. The molecule has 1 heterocycles. The summed E-state index contributed by atoms with van der Waals surface area (Å²) in [5.74, 6) is 1.70. The summed E-state index contributed by atoms with van der Waals surface area (Å²) in [5.41, 5.74) is 5.01. The first kappa shape index (κ1) is 18.3. The molecular formula is C23H27N5. The van der Waals surface area contributed by atoms with Gasteiger partial charge in [-0.05, 0) is 41.0 Å². The predicted molar refractivity (Wildman–Crippen MR) is 114 cm³/mol. The minimum atomic E-state index is 0.747. The van der Waals surface area contributed by atoms with Gasteiger partial charge >= 0.3 is 0 Å². The van der Waals surface area contributed by atoms with Crippen molar-refractivity contribution in [1.82, 2.24) is 20.2 Å². The minimum Gasteiger partial charge on any atom is -0.356 e. The Balaban J connectivity index is 1.43. The molecule has 0 aliphatic heterocycles. The highest BCUT2D eigenvalue weighted by Crippen LogP contribution is 2.27. The Kier molecular flexibility index (Phi) is 5.71. The van der Waals surface area contributed by atoms with E-state index >= 15 is 0 Å². The van der Waals surface area contributed by atoms with Gasteiger partial charge in [-0.2, -0.15) is 0 Å². The second-order valence-corrected chi connectivity index (χ2v) is 7.34. The Morgan fingerprint density at radius 2 is 1.93 bits per heavy atom. The highest BCUT2D eigenvalue weighted by atomic mass is 15.2. The van der Waals surface area contributed by atoms with E-state index in [1.807, 2.05) is 25.8 Å². The SMILES string of the molecule is CN=C(NCc1ccccc1-c1ccc(Cn2ccnc2)cc1)NCC1CC1. The maximum absolute atomic E-state index is 4.34. The van der Waals surface area contributed by atoms with Crippen LogP contribution >= 0.6 is 0 Å². The Labute approximate surface area is 166 Å². The van der Waals surface area contributed by atoms with Gasteiger partial charge in [-0.15, -0.1) is 0 Å². The number of aromatic nitrogens is 2. The van der Waals surface area contributed by atoms with E-state index in [2.05, 4.69) is 73.7 Å². The molecule has 0 atom stereocenters. The predicted octanol–water partition coefficient (Wildman–Crippen LogP) is 3.67. The summed E-state index contributed by atoms with van der Waals surface area (Å²) in [6.07, 6.45) is 8.32. The number of aliphatic imine (C=N–C) groups is 1. The van der Waals surface area contributed by atoms with Crippen molar-refractivity contribution in [2.24, 2.45) is 10.9 Å². The second-order valence-electron chi connectivity index (χ2n) is 7.34. The lowest BCUT2D eigenvalue weighted by atomic mass is 9.98. The number of nitrogens with one attached hydrogen (secondary N) is 2. The number of nitrogens with zero attached hydrogens (tertiary/aromatic N) is 3. The molecule has 0 saturated heterocycles. The molecule has 144 valence electrons. The van der Waals surface area contributed by atoms with Crippen LogP contribution in [0.5, 0.6) is 0 Å². The van der Waals surface area contributed by atoms with E-state index in [1.165, 1.54) is 35.1 Å². The largest absolute Gasteiger partial charge is 0.356 e. The van der Waals surface area contributed by atoms with Crippen molar-refractivity contribution in [1.29, 1.82) is 0 Å². The maximum Gasteiger partial charge on any atom is 0.191 e. The second kappa shape index (κ2) is 8.74. The van der Waals surface area contributed by atoms with Crippen molar-refractivity contribution in [3.05, 3.63) is 78.4 Å². The van der Waals surface area contributed by atoms with Crippen molar-refractivity contribution < 1.29 is 0 Å². The highest BCUT2D eigenvalue weighted by molar-refractivity contribution is 5.80. The molecule has 1 saturated carbocycles. The van der Waals surface area contributed by atoms with Crippen LogP contribution in [-0.4, -0.2) is 29.1 Å². The van der Waals surface area contributed by atoms with Crippen LogP contribution in [0.2, 0.25) is 0 Å². The fourth-order valence-corrected chi connectivity index (χ4v) is 3.30. The summed E-state index contributed by atoms with van der Waals surface area (Å²) in [7, 11) is 1.83. The number of rotatable bonds is 7. The molecular weight excluding hydrogens is 346 g/mol. The van der Waals surface area contributed by atoms with E-state index in [1.54, 1.807) is 0 Å². The van der Waals surface area contributed by atoms with Gasteiger partial charge in [0.05, 0.1) is 6.33 Å². The van der Waals surface area contributed by atoms with Crippen molar-refractivity contribution >= 4 is 5.96 Å². The van der Waals surface area contributed by atoms with Crippen LogP contribution in [0.4, 0.5) is 0 Å². The van der Waals surface area contributed by atoms with E-state index in [0.717, 1.165) is 31.5 Å². The molecule has 5 nitrogen and oxygen atoms in total. The molecule has 5 heteroatoms. The molecule has 0 amide bonds. The summed E-state index contributed by atoms with van der Waals surface area (Å²) in [6.45, 7) is 2.60. The van der Waals surface area contributed by atoms with Crippen LogP contribution in [0.3, 0.4) is 0 Å². The average molecular weight is 374 g/mol. The lowest BCUT2D eigenvalue weighted by molar-refractivity contribution is 0.738. The minimum absolute atomic E-state index is 0.747. The Hall–Kier alpha value is -3.08. The third kappa shape index (κ3) is 4.80. The van der Waals surface area contributed by atoms with Crippen molar-refractivity contribution in [3.63, 3.8) is 0 Å². The molecule has 1 aliphatic carbocycles. The van der Waals surface area contributed by atoms with Gasteiger partial charge in [-0.1, -0.05) is 48.5 Å². The zero-order valence-corrected chi connectivity index (χ0v) is 16.3. The quantitative estimate of drug-likeness (QED) is 0.491. The molecule has 2 aromatic carbocycles. The van der Waals surface area contributed by atoms with Crippen LogP contribution in [0.1, 0.15) is 24.0 Å². The van der Waals surface area contributed by atoms with Gasteiger partial charge < -0.3 is 15.2 Å². The van der Waals surface area contributed by atoms with E-state index in [9.17, 15) is 0 Å². The lowest BCUT2D eigenvalue weighted by Crippen LogP contribution is -2.37. The molecule has 2 N–H and O–H groups in total. The van der Waals surface area contributed by atoms with Gasteiger partial charge in [0.15, 0.2) is 5.96 Å². The van der Waals surface area contributed by atoms with Crippen LogP contribution in [0.25, 0.3) is 11.1 Å². The molecule has 28 heavy (non-hydrogen) atoms. The number of hydrogen-bond donors (Lipinski definition) is 2. The molecule has 0 radical (unpaired) electrons. The smallest absolute Gasteiger partial charge is 0.191 e. The molecule has 3 aromatic rings. The normalized spacial score (nSPS) is 14.1.